The van der Waals surface area contributed by atoms with Gasteiger partial charge in [-0.15, -0.1) is 0 Å². The van der Waals surface area contributed by atoms with Crippen molar-refractivity contribution in [2.75, 3.05) is 7.11 Å². The number of nitrogens with zero attached hydrogens (tertiary/aromatic N) is 2. The number of methoxy groups -OCH3 is 1. The van der Waals surface area contributed by atoms with Crippen molar-refractivity contribution >= 4 is 6.29 Å². The van der Waals surface area contributed by atoms with Crippen molar-refractivity contribution in [2.45, 2.75) is 6.61 Å². The van der Waals surface area contributed by atoms with Crippen molar-refractivity contribution in [1.82, 2.24) is 9.78 Å². The van der Waals surface area contributed by atoms with Crippen LogP contribution in [0, 0.1) is 0 Å². The number of rotatable bonds is 3. The molecule has 0 aliphatic rings. The molecule has 0 amide bonds. The van der Waals surface area contributed by atoms with Gasteiger partial charge >= 0.3 is 0 Å². The van der Waals surface area contributed by atoms with E-state index in [9.17, 15) is 4.79 Å². The Labute approximate surface area is 64.8 Å². The molecular weight excluding hydrogens is 144 g/mol. The van der Waals surface area contributed by atoms with E-state index in [-0.39, 0.29) is 0 Å². The fourth-order valence-corrected chi connectivity index (χ4v) is 0.900. The molecule has 0 atom stereocenters. The van der Waals surface area contributed by atoms with E-state index in [2.05, 4.69) is 5.10 Å². The molecule has 0 aliphatic carbocycles. The number of ether oxygens (including phenoxy) is 1. The Kier molecular flexibility index (Phi) is 2.38. The van der Waals surface area contributed by atoms with Gasteiger partial charge in [0.2, 0.25) is 0 Å². The molecule has 0 N–H and O–H groups in total. The van der Waals surface area contributed by atoms with Crippen LogP contribution in [0.2, 0.25) is 0 Å². The van der Waals surface area contributed by atoms with Crippen LogP contribution in [0.1, 0.15) is 16.1 Å². The summed E-state index contributed by atoms with van der Waals surface area (Å²) in [6, 6.07) is 0. The molecule has 60 valence electrons. The molecule has 0 unspecified atom stereocenters. The molecule has 1 aromatic heterocycles. The van der Waals surface area contributed by atoms with Gasteiger partial charge in [-0.3, -0.25) is 9.48 Å². The SMILES string of the molecule is COCc1nn(C)cc1C=O. The minimum Gasteiger partial charge on any atom is -0.378 e. The van der Waals surface area contributed by atoms with Crippen molar-refractivity contribution in [3.63, 3.8) is 0 Å². The second-order valence-electron chi connectivity index (χ2n) is 2.26. The van der Waals surface area contributed by atoms with Gasteiger partial charge in [-0.05, 0) is 0 Å². The van der Waals surface area contributed by atoms with Gasteiger partial charge in [-0.2, -0.15) is 5.10 Å². The predicted octanol–water partition coefficient (Wildman–Crippen LogP) is 0.379. The summed E-state index contributed by atoms with van der Waals surface area (Å²) in [6.07, 6.45) is 2.45. The highest BCUT2D eigenvalue weighted by molar-refractivity contribution is 5.75. The molecule has 0 spiro atoms. The van der Waals surface area contributed by atoms with Crippen LogP contribution >= 0.6 is 0 Å². The van der Waals surface area contributed by atoms with E-state index in [0.29, 0.717) is 17.9 Å². The molecule has 0 fully saturated rings. The molecule has 0 aromatic carbocycles. The Morgan fingerprint density at radius 2 is 2.55 bits per heavy atom. The lowest BCUT2D eigenvalue weighted by molar-refractivity contribution is 0.111. The highest BCUT2D eigenvalue weighted by Crippen LogP contribution is 2.03. The van der Waals surface area contributed by atoms with Gasteiger partial charge in [0, 0.05) is 20.4 Å². The van der Waals surface area contributed by atoms with E-state index in [1.807, 2.05) is 0 Å². The zero-order valence-electron chi connectivity index (χ0n) is 6.57. The lowest BCUT2D eigenvalue weighted by Crippen LogP contribution is -1.94. The second-order valence-corrected chi connectivity index (χ2v) is 2.26. The van der Waals surface area contributed by atoms with Gasteiger partial charge in [-0.1, -0.05) is 0 Å². The molecule has 1 rings (SSSR count). The maximum Gasteiger partial charge on any atom is 0.153 e. The molecule has 1 heterocycles. The zero-order chi connectivity index (χ0) is 8.27. The summed E-state index contributed by atoms with van der Waals surface area (Å²) in [5.41, 5.74) is 1.28. The van der Waals surface area contributed by atoms with Crippen molar-refractivity contribution in [2.24, 2.45) is 7.05 Å². The van der Waals surface area contributed by atoms with E-state index in [1.165, 1.54) is 0 Å². The number of hydrogen-bond donors (Lipinski definition) is 0. The standard InChI is InChI=1S/C7H10N2O2/c1-9-3-6(4-10)7(8-9)5-11-2/h3-4H,5H2,1-2H3. The van der Waals surface area contributed by atoms with Crippen LogP contribution in [0.15, 0.2) is 6.20 Å². The van der Waals surface area contributed by atoms with Crippen LogP contribution < -0.4 is 0 Å². The third-order valence-corrected chi connectivity index (χ3v) is 1.35. The van der Waals surface area contributed by atoms with Gasteiger partial charge in [0.15, 0.2) is 6.29 Å². The Balaban J connectivity index is 2.92. The van der Waals surface area contributed by atoms with Crippen LogP contribution in [-0.2, 0) is 18.4 Å². The van der Waals surface area contributed by atoms with Crippen LogP contribution in [0.3, 0.4) is 0 Å². The van der Waals surface area contributed by atoms with E-state index >= 15 is 0 Å². The smallest absolute Gasteiger partial charge is 0.153 e. The van der Waals surface area contributed by atoms with Crippen molar-refractivity contribution in [3.8, 4) is 0 Å². The number of aromatic nitrogens is 2. The largest absolute Gasteiger partial charge is 0.378 e. The van der Waals surface area contributed by atoms with Crippen molar-refractivity contribution < 1.29 is 9.53 Å². The maximum atomic E-state index is 10.4. The van der Waals surface area contributed by atoms with Crippen LogP contribution in [-0.4, -0.2) is 23.2 Å². The lowest BCUT2D eigenvalue weighted by atomic mass is 10.3. The summed E-state index contributed by atoms with van der Waals surface area (Å²) in [5, 5.41) is 4.03. The highest BCUT2D eigenvalue weighted by Gasteiger charge is 2.04. The van der Waals surface area contributed by atoms with Crippen LogP contribution in [0.5, 0.6) is 0 Å². The second kappa shape index (κ2) is 3.30. The summed E-state index contributed by atoms with van der Waals surface area (Å²) < 4.78 is 6.44. The van der Waals surface area contributed by atoms with Gasteiger partial charge in [0.05, 0.1) is 17.9 Å². The van der Waals surface area contributed by atoms with E-state index in [4.69, 9.17) is 4.74 Å². The van der Waals surface area contributed by atoms with E-state index < -0.39 is 0 Å². The molecule has 11 heavy (non-hydrogen) atoms. The Hall–Kier alpha value is -1.16. The first-order valence-electron chi connectivity index (χ1n) is 3.24. The van der Waals surface area contributed by atoms with Crippen LogP contribution in [0.25, 0.3) is 0 Å². The van der Waals surface area contributed by atoms with E-state index in [1.54, 1.807) is 25.0 Å². The van der Waals surface area contributed by atoms with Crippen molar-refractivity contribution in [3.05, 3.63) is 17.5 Å². The number of carbonyl (C=O) groups excluding carboxylic acids is 1. The molecular formula is C7H10N2O2. The van der Waals surface area contributed by atoms with Gasteiger partial charge in [0.25, 0.3) is 0 Å². The molecule has 4 heteroatoms. The first kappa shape index (κ1) is 7.94. The van der Waals surface area contributed by atoms with Crippen LogP contribution in [0.4, 0.5) is 0 Å². The monoisotopic (exact) mass is 154 g/mol. The summed E-state index contributed by atoms with van der Waals surface area (Å²) in [4.78, 5) is 10.4. The lowest BCUT2D eigenvalue weighted by Gasteiger charge is -1.92. The number of carbonyl (C=O) groups is 1. The molecule has 4 nitrogen and oxygen atoms in total. The maximum absolute atomic E-state index is 10.4. The molecule has 0 bridgehead atoms. The molecule has 0 saturated carbocycles. The van der Waals surface area contributed by atoms with E-state index in [0.717, 1.165) is 6.29 Å². The topological polar surface area (TPSA) is 44.1 Å². The summed E-state index contributed by atoms with van der Waals surface area (Å²) in [6.45, 7) is 0.384. The third-order valence-electron chi connectivity index (χ3n) is 1.35. The zero-order valence-corrected chi connectivity index (χ0v) is 6.57. The average Bonchev–Trinajstić information content (AvgIpc) is 2.32. The van der Waals surface area contributed by atoms with Crippen molar-refractivity contribution in [1.29, 1.82) is 0 Å². The fraction of sp³-hybridized carbons (Fsp3) is 0.429. The summed E-state index contributed by atoms with van der Waals surface area (Å²) in [5.74, 6) is 0. The minimum absolute atomic E-state index is 0.384. The molecule has 1 aromatic rings. The average molecular weight is 154 g/mol. The fourth-order valence-electron chi connectivity index (χ4n) is 0.900. The summed E-state index contributed by atoms with van der Waals surface area (Å²) in [7, 11) is 3.34. The predicted molar refractivity (Wildman–Crippen MR) is 39.3 cm³/mol. The number of hydrogen-bond acceptors (Lipinski definition) is 3. The number of aldehydes is 1. The first-order chi connectivity index (χ1) is 5.27. The highest BCUT2D eigenvalue weighted by atomic mass is 16.5. The van der Waals surface area contributed by atoms with Gasteiger partial charge < -0.3 is 4.74 Å². The Bertz CT molecular complexity index is 255. The molecule has 0 radical (unpaired) electrons. The normalized spacial score (nSPS) is 10.0. The quantitative estimate of drug-likeness (QED) is 0.591. The molecule has 0 saturated heterocycles. The third kappa shape index (κ3) is 1.65. The van der Waals surface area contributed by atoms with Gasteiger partial charge in [0.1, 0.15) is 0 Å². The van der Waals surface area contributed by atoms with Gasteiger partial charge in [-0.25, -0.2) is 0 Å². The first-order valence-corrected chi connectivity index (χ1v) is 3.24. The Morgan fingerprint density at radius 1 is 1.82 bits per heavy atom. The molecule has 0 aliphatic heterocycles. The minimum atomic E-state index is 0.384. The Morgan fingerprint density at radius 3 is 3.09 bits per heavy atom. The summed E-state index contributed by atoms with van der Waals surface area (Å²) >= 11 is 0. The number of aryl methyl sites for hydroxylation is 1.